The molecule has 23 nitrogen and oxygen atoms in total. The number of rotatable bonds is 27. The van der Waals surface area contributed by atoms with Gasteiger partial charge in [-0.3, -0.25) is 19.0 Å². The lowest BCUT2D eigenvalue weighted by atomic mass is 9.92. The molecule has 0 radical (unpaired) electrons. The number of aryl methyl sites for hydroxylation is 2. The van der Waals surface area contributed by atoms with E-state index in [4.69, 9.17) is 28.9 Å². The number of nitriles is 1. The molecule has 3 aliphatic rings. The maximum absolute atomic E-state index is 13.7. The summed E-state index contributed by atoms with van der Waals surface area (Å²) in [5.74, 6) is 2.92. The lowest BCUT2D eigenvalue weighted by Crippen LogP contribution is -2.52. The summed E-state index contributed by atoms with van der Waals surface area (Å²) in [5, 5.41) is 17.3. The van der Waals surface area contributed by atoms with Crippen molar-refractivity contribution in [3.8, 4) is 40.3 Å². The monoisotopic (exact) mass is 1220 g/mol. The van der Waals surface area contributed by atoms with Gasteiger partial charge in [-0.05, 0) is 84.2 Å². The third-order valence-corrected chi connectivity index (χ3v) is 17.1. The van der Waals surface area contributed by atoms with Crippen LogP contribution in [0.15, 0.2) is 79.4 Å². The SMILES string of the molecule is COc1ccc2cc3[n+](cc2c1OC(=O)N(C)CCNC(=O)CCCCCCCCCCCCC(=O)Nc1ccc(COC(=O)N(C)CCN(C)C(=O)n2ccc4c(N(C)[C@H]5CN(C(=O)CC#N)CC[C@H]5C)ncnc42)cc1)CCc1cc2c(cc1-3)OCO2. The van der Waals surface area contributed by atoms with Gasteiger partial charge in [-0.15, -0.1) is 0 Å². The van der Waals surface area contributed by atoms with E-state index in [-0.39, 0.29) is 75.2 Å². The fourth-order valence-corrected chi connectivity index (χ4v) is 11.7. The molecule has 0 saturated carbocycles. The summed E-state index contributed by atoms with van der Waals surface area (Å²) in [6.45, 7) is 5.23. The first-order valence-electron chi connectivity index (χ1n) is 31.0. The zero-order valence-electron chi connectivity index (χ0n) is 52.1. The predicted octanol–water partition coefficient (Wildman–Crippen LogP) is 9.45. The normalized spacial score (nSPS) is 14.7. The van der Waals surface area contributed by atoms with Crippen LogP contribution < -0.4 is 39.0 Å². The first-order valence-corrected chi connectivity index (χ1v) is 31.0. The Labute approximate surface area is 519 Å². The fourth-order valence-electron chi connectivity index (χ4n) is 11.7. The maximum atomic E-state index is 13.7. The van der Waals surface area contributed by atoms with Crippen molar-refractivity contribution in [2.45, 2.75) is 122 Å². The third kappa shape index (κ3) is 16.3. The number of piperidine rings is 1. The molecule has 1 saturated heterocycles. The molecule has 9 rings (SSSR count). The first kappa shape index (κ1) is 64.3. The second-order valence-corrected chi connectivity index (χ2v) is 23.4. The smallest absolute Gasteiger partial charge is 0.415 e. The molecule has 472 valence electrons. The van der Waals surface area contributed by atoms with Gasteiger partial charge in [-0.25, -0.2) is 24.4 Å². The van der Waals surface area contributed by atoms with Gasteiger partial charge in [0.05, 0.1) is 35.6 Å². The highest BCUT2D eigenvalue weighted by Crippen LogP contribution is 2.42. The molecule has 23 heteroatoms. The number of nitrogens with one attached hydrogen (secondary N) is 2. The Morgan fingerprint density at radius 3 is 2.19 bits per heavy atom. The molecular weight excluding hydrogens is 1140 g/mol. The van der Waals surface area contributed by atoms with Crippen molar-refractivity contribution in [2.75, 3.05) is 91.6 Å². The molecule has 3 aromatic carbocycles. The van der Waals surface area contributed by atoms with Crippen molar-refractivity contribution >= 4 is 69.3 Å². The van der Waals surface area contributed by atoms with E-state index in [2.05, 4.69) is 44.2 Å². The number of amides is 6. The topological polar surface area (TPSA) is 247 Å². The minimum Gasteiger partial charge on any atom is -0.493 e. The van der Waals surface area contributed by atoms with Gasteiger partial charge in [0.25, 0.3) is 0 Å². The molecule has 0 spiro atoms. The summed E-state index contributed by atoms with van der Waals surface area (Å²) in [7, 11) is 8.38. The highest BCUT2D eigenvalue weighted by atomic mass is 16.7. The third-order valence-electron chi connectivity index (χ3n) is 17.1. The number of methoxy groups -OCH3 is 1. The number of carbonyl (C=O) groups is 6. The van der Waals surface area contributed by atoms with Crippen LogP contribution in [0.5, 0.6) is 23.0 Å². The van der Waals surface area contributed by atoms with Gasteiger partial charge in [0.1, 0.15) is 25.2 Å². The number of anilines is 2. The Hall–Kier alpha value is -9.20. The molecule has 6 heterocycles. The van der Waals surface area contributed by atoms with Crippen molar-refractivity contribution in [1.82, 2.24) is 39.5 Å². The van der Waals surface area contributed by atoms with Crippen LogP contribution in [0, 0.1) is 17.2 Å². The minimum atomic E-state index is -0.549. The molecular formula is C66H83N12O11+. The molecule has 0 aliphatic carbocycles. The van der Waals surface area contributed by atoms with Crippen molar-refractivity contribution in [3.05, 3.63) is 90.5 Å². The molecule has 2 N–H and O–H groups in total. The Kier molecular flexibility index (Phi) is 22.1. The lowest BCUT2D eigenvalue weighted by molar-refractivity contribution is -0.686. The van der Waals surface area contributed by atoms with E-state index >= 15 is 0 Å². The van der Waals surface area contributed by atoms with Gasteiger partial charge >= 0.3 is 18.2 Å². The van der Waals surface area contributed by atoms with Gasteiger partial charge in [-0.1, -0.05) is 70.4 Å². The van der Waals surface area contributed by atoms with E-state index in [0.717, 1.165) is 123 Å². The number of ether oxygens (including phenoxy) is 5. The number of likely N-dealkylation sites (N-methyl/N-ethyl adjacent to an activating group) is 4. The van der Waals surface area contributed by atoms with Crippen LogP contribution in [0.25, 0.3) is 33.1 Å². The highest BCUT2D eigenvalue weighted by molar-refractivity contribution is 5.96. The van der Waals surface area contributed by atoms with E-state index in [1.807, 2.05) is 36.3 Å². The standard InChI is InChI=1S/C66H82N12O11/c1-45-26-31-77(60(81)25-29-67)41-54(45)75(5)62-50-28-33-78(63(50)70-43-69-62)64(82)72(2)35-36-74(4)65(83)86-42-46-19-22-49(23-20-46)71-59(80)18-16-14-12-10-8-7-9-11-13-15-17-58(79)68-30-34-73(3)66(84)89-61-52-40-76-32-27-48-38-56-57(88-44-87-56)39-51(48)53(76)37-47(52)21-24-55(61)85-6/h19-24,28,33,37-40,43,45,54H,7-18,25-27,30-32,34-36,41-42,44H2,1-6H3,(H-,68,71,79,80)/p+1/t45-,54+/m1/s1. The average Bonchev–Trinajstić information content (AvgIpc) is 1.93. The highest BCUT2D eigenvalue weighted by Gasteiger charge is 2.34. The van der Waals surface area contributed by atoms with E-state index in [1.54, 1.807) is 75.7 Å². The van der Waals surface area contributed by atoms with Gasteiger partial charge in [-0.2, -0.15) is 9.83 Å². The number of pyridine rings is 1. The number of nitrogens with zero attached hydrogens (tertiary/aromatic N) is 10. The maximum Gasteiger partial charge on any atom is 0.415 e. The van der Waals surface area contributed by atoms with Crippen LogP contribution in [0.2, 0.25) is 0 Å². The molecule has 1 fully saturated rings. The summed E-state index contributed by atoms with van der Waals surface area (Å²) in [6, 6.07) is 20.5. The number of benzene rings is 3. The second-order valence-electron chi connectivity index (χ2n) is 23.4. The second kappa shape index (κ2) is 30.6. The summed E-state index contributed by atoms with van der Waals surface area (Å²) in [6.07, 6.45) is 16.5. The Morgan fingerprint density at radius 1 is 0.787 bits per heavy atom. The number of hydrogen-bond donors (Lipinski definition) is 2. The quantitative estimate of drug-likeness (QED) is 0.0360. The predicted molar refractivity (Wildman–Crippen MR) is 335 cm³/mol. The van der Waals surface area contributed by atoms with Crippen LogP contribution in [0.4, 0.5) is 25.9 Å². The van der Waals surface area contributed by atoms with Crippen LogP contribution in [-0.2, 0) is 38.7 Å². The summed E-state index contributed by atoms with van der Waals surface area (Å²) >= 11 is 0. The van der Waals surface area contributed by atoms with Gasteiger partial charge in [0.15, 0.2) is 41.4 Å². The number of fused-ring (bicyclic) bond motifs is 6. The van der Waals surface area contributed by atoms with Crippen LogP contribution in [0.1, 0.15) is 108 Å². The minimum absolute atomic E-state index is 0.0354. The zero-order chi connectivity index (χ0) is 63.0. The molecule has 0 unspecified atom stereocenters. The molecule has 6 aromatic rings. The van der Waals surface area contributed by atoms with Crippen LogP contribution >= 0.6 is 0 Å². The lowest BCUT2D eigenvalue weighted by Gasteiger charge is -2.42. The van der Waals surface area contributed by atoms with Gasteiger partial charge in [0.2, 0.25) is 30.2 Å². The molecule has 3 aromatic heterocycles. The Balaban J connectivity index is 0.579. The summed E-state index contributed by atoms with van der Waals surface area (Å²) in [5.41, 5.74) is 5.17. The van der Waals surface area contributed by atoms with E-state index in [0.29, 0.717) is 66.5 Å². The largest absolute Gasteiger partial charge is 0.493 e. The van der Waals surface area contributed by atoms with Crippen LogP contribution in [0.3, 0.4) is 0 Å². The number of hydrogen-bond acceptors (Lipinski definition) is 15. The average molecular weight is 1220 g/mol. The van der Waals surface area contributed by atoms with E-state index in [1.165, 1.54) is 31.2 Å². The molecule has 2 atom stereocenters. The molecule has 3 aliphatic heterocycles. The van der Waals surface area contributed by atoms with Crippen molar-refractivity contribution in [2.24, 2.45) is 5.92 Å². The summed E-state index contributed by atoms with van der Waals surface area (Å²) < 4.78 is 32.0. The Morgan fingerprint density at radius 2 is 1.47 bits per heavy atom. The van der Waals surface area contributed by atoms with E-state index in [9.17, 15) is 28.8 Å². The van der Waals surface area contributed by atoms with Crippen molar-refractivity contribution in [1.29, 1.82) is 5.26 Å². The molecule has 0 bridgehead atoms. The number of carbonyl (C=O) groups excluding carboxylic acids is 6. The number of unbranched alkanes of at least 4 members (excludes halogenated alkanes) is 9. The summed E-state index contributed by atoms with van der Waals surface area (Å²) in [4.78, 5) is 94.9. The number of aromatic nitrogens is 4. The van der Waals surface area contributed by atoms with Crippen molar-refractivity contribution < 1.29 is 57.0 Å². The van der Waals surface area contributed by atoms with Crippen molar-refractivity contribution in [3.63, 3.8) is 0 Å². The van der Waals surface area contributed by atoms with Gasteiger partial charge < -0.3 is 58.8 Å². The molecule has 89 heavy (non-hydrogen) atoms. The Bertz CT molecular complexity index is 3550. The molecule has 6 amide bonds. The zero-order valence-corrected chi connectivity index (χ0v) is 52.1. The number of likely N-dealkylation sites (tertiary alicyclic amines) is 1. The van der Waals surface area contributed by atoms with Crippen LogP contribution in [-0.4, -0.2) is 157 Å². The fraction of sp³-hybridized carbons (Fsp3) is 0.485. The van der Waals surface area contributed by atoms with E-state index < -0.39 is 12.2 Å². The van der Waals surface area contributed by atoms with Gasteiger partial charge in [0, 0.05) is 105 Å². The first-order chi connectivity index (χ1) is 43.1.